The summed E-state index contributed by atoms with van der Waals surface area (Å²) in [4.78, 5) is 23.7. The number of nitrogens with one attached hydrogen (secondary N) is 1. The molecule has 0 spiro atoms. The zero-order chi connectivity index (χ0) is 19.8. The summed E-state index contributed by atoms with van der Waals surface area (Å²) in [6.07, 6.45) is 4.46. The van der Waals surface area contributed by atoms with E-state index in [9.17, 15) is 9.59 Å². The van der Waals surface area contributed by atoms with Crippen LogP contribution in [0.2, 0.25) is 5.15 Å². The van der Waals surface area contributed by atoms with Crippen LogP contribution in [0.5, 0.6) is 0 Å². The first kappa shape index (κ1) is 20.7. The number of carbonyl (C=O) groups excluding carboxylic acids is 2. The average molecular weight is 390 g/mol. The molecule has 0 aliphatic carbocycles. The molecule has 1 aromatic carbocycles. The molecule has 144 valence electrons. The van der Waals surface area contributed by atoms with Gasteiger partial charge in [0.1, 0.15) is 5.15 Å². The topological polar surface area (TPSA) is 73.2 Å². The van der Waals surface area contributed by atoms with Gasteiger partial charge in [0, 0.05) is 17.7 Å². The predicted molar refractivity (Wildman–Crippen MR) is 106 cm³/mol. The van der Waals surface area contributed by atoms with Crippen molar-refractivity contribution in [3.8, 4) is 5.69 Å². The van der Waals surface area contributed by atoms with Crippen LogP contribution < -0.4 is 5.32 Å². The molecule has 1 heterocycles. The molecule has 0 radical (unpaired) electrons. The van der Waals surface area contributed by atoms with Gasteiger partial charge in [-0.15, -0.1) is 0 Å². The Morgan fingerprint density at radius 1 is 1.26 bits per heavy atom. The van der Waals surface area contributed by atoms with Gasteiger partial charge < -0.3 is 10.1 Å². The van der Waals surface area contributed by atoms with Crippen molar-refractivity contribution in [2.75, 3.05) is 6.61 Å². The number of aromatic nitrogens is 2. The van der Waals surface area contributed by atoms with Crippen LogP contribution in [0.3, 0.4) is 0 Å². The van der Waals surface area contributed by atoms with E-state index in [-0.39, 0.29) is 18.6 Å². The number of benzene rings is 1. The highest BCUT2D eigenvalue weighted by atomic mass is 35.5. The molecule has 6 nitrogen and oxygen atoms in total. The Balaban J connectivity index is 1.98. The van der Waals surface area contributed by atoms with E-state index in [4.69, 9.17) is 16.3 Å². The number of nitrogens with zero attached hydrogens (tertiary/aromatic N) is 2. The van der Waals surface area contributed by atoms with Crippen LogP contribution in [0.15, 0.2) is 36.4 Å². The lowest BCUT2D eigenvalue weighted by molar-refractivity contribution is -0.144. The zero-order valence-corrected chi connectivity index (χ0v) is 16.5. The van der Waals surface area contributed by atoms with Gasteiger partial charge in [0.05, 0.1) is 11.4 Å². The van der Waals surface area contributed by atoms with Gasteiger partial charge in [-0.3, -0.25) is 4.79 Å². The minimum absolute atomic E-state index is 0.0945. The molecule has 0 atom stereocenters. The first-order valence-electron chi connectivity index (χ1n) is 8.91. The minimum atomic E-state index is -0.613. The number of ether oxygens (including phenoxy) is 1. The fourth-order valence-electron chi connectivity index (χ4n) is 2.54. The first-order valence-corrected chi connectivity index (χ1v) is 9.28. The Morgan fingerprint density at radius 2 is 1.93 bits per heavy atom. The first-order chi connectivity index (χ1) is 13.0. The number of amides is 1. The summed E-state index contributed by atoms with van der Waals surface area (Å²) in [5, 5.41) is 7.61. The maximum Gasteiger partial charge on any atom is 0.331 e. The van der Waals surface area contributed by atoms with E-state index in [2.05, 4.69) is 10.4 Å². The molecular weight excluding hydrogens is 366 g/mol. The summed E-state index contributed by atoms with van der Waals surface area (Å²) >= 11 is 6.40. The molecule has 0 saturated carbocycles. The lowest BCUT2D eigenvalue weighted by Crippen LogP contribution is -2.36. The van der Waals surface area contributed by atoms with Crippen molar-refractivity contribution in [2.24, 2.45) is 0 Å². The highest BCUT2D eigenvalue weighted by molar-refractivity contribution is 6.31. The highest BCUT2D eigenvalue weighted by Crippen LogP contribution is 2.24. The van der Waals surface area contributed by atoms with E-state index in [0.29, 0.717) is 16.4 Å². The van der Waals surface area contributed by atoms with E-state index in [1.54, 1.807) is 17.7 Å². The average Bonchev–Trinajstić information content (AvgIpc) is 2.97. The van der Waals surface area contributed by atoms with Gasteiger partial charge >= 0.3 is 5.97 Å². The number of carbonyl (C=O) groups is 2. The van der Waals surface area contributed by atoms with Gasteiger partial charge in [0.2, 0.25) is 0 Å². The minimum Gasteiger partial charge on any atom is -0.452 e. The van der Waals surface area contributed by atoms with E-state index in [1.165, 1.54) is 6.08 Å². The number of esters is 1. The van der Waals surface area contributed by atoms with Crippen LogP contribution in [-0.2, 0) is 14.3 Å². The summed E-state index contributed by atoms with van der Waals surface area (Å²) in [7, 11) is 0. The maximum absolute atomic E-state index is 11.9. The molecule has 1 N–H and O–H groups in total. The third kappa shape index (κ3) is 5.69. The molecule has 0 saturated heterocycles. The van der Waals surface area contributed by atoms with Gasteiger partial charge in [-0.25, -0.2) is 9.48 Å². The maximum atomic E-state index is 11.9. The molecule has 0 aliphatic rings. The normalized spacial score (nSPS) is 11.1. The smallest absolute Gasteiger partial charge is 0.331 e. The fraction of sp³-hybridized carbons (Fsp3) is 0.350. The fourth-order valence-corrected chi connectivity index (χ4v) is 2.87. The quantitative estimate of drug-likeness (QED) is 0.552. The largest absolute Gasteiger partial charge is 0.452 e. The molecule has 0 bridgehead atoms. The highest BCUT2D eigenvalue weighted by Gasteiger charge is 2.13. The third-order valence-corrected chi connectivity index (χ3v) is 4.49. The van der Waals surface area contributed by atoms with E-state index in [1.807, 2.05) is 44.2 Å². The van der Waals surface area contributed by atoms with Crippen molar-refractivity contribution in [2.45, 2.75) is 39.7 Å². The van der Waals surface area contributed by atoms with Crippen molar-refractivity contribution >= 4 is 29.6 Å². The van der Waals surface area contributed by atoms with Gasteiger partial charge in [-0.1, -0.05) is 43.6 Å². The Kier molecular flexibility index (Phi) is 7.61. The van der Waals surface area contributed by atoms with Crippen LogP contribution in [0.25, 0.3) is 11.8 Å². The molecule has 2 rings (SSSR count). The number of para-hydroxylation sites is 1. The second-order valence-corrected chi connectivity index (χ2v) is 6.42. The van der Waals surface area contributed by atoms with Crippen molar-refractivity contribution in [3.05, 3.63) is 52.8 Å². The summed E-state index contributed by atoms with van der Waals surface area (Å²) in [5.74, 6) is -0.922. The third-order valence-electron chi connectivity index (χ3n) is 4.13. The monoisotopic (exact) mass is 389 g/mol. The van der Waals surface area contributed by atoms with Crippen molar-refractivity contribution < 1.29 is 14.3 Å². The van der Waals surface area contributed by atoms with Crippen LogP contribution in [0, 0.1) is 6.92 Å². The van der Waals surface area contributed by atoms with E-state index >= 15 is 0 Å². The summed E-state index contributed by atoms with van der Waals surface area (Å²) in [6.45, 7) is 5.48. The molecule has 7 heteroatoms. The summed E-state index contributed by atoms with van der Waals surface area (Å²) < 4.78 is 6.58. The van der Waals surface area contributed by atoms with Crippen molar-refractivity contribution in [1.82, 2.24) is 15.1 Å². The molecule has 27 heavy (non-hydrogen) atoms. The molecule has 0 unspecified atom stereocenters. The SMILES string of the molecule is CCC(CC)NC(=O)COC(=O)/C=C/c1c(C)nn(-c2ccccc2)c1Cl. The molecule has 1 aromatic heterocycles. The molecular formula is C20H24ClN3O3. The van der Waals surface area contributed by atoms with Gasteiger partial charge in [0.15, 0.2) is 6.61 Å². The van der Waals surface area contributed by atoms with E-state index in [0.717, 1.165) is 18.5 Å². The van der Waals surface area contributed by atoms with Crippen molar-refractivity contribution in [3.63, 3.8) is 0 Å². The number of hydrogen-bond acceptors (Lipinski definition) is 4. The summed E-state index contributed by atoms with van der Waals surface area (Å²) in [5.41, 5.74) is 2.13. The van der Waals surface area contributed by atoms with Crippen LogP contribution in [0.1, 0.15) is 37.9 Å². The summed E-state index contributed by atoms with van der Waals surface area (Å²) in [6, 6.07) is 9.56. The Labute approximate surface area is 164 Å². The number of rotatable bonds is 8. The molecule has 1 amide bonds. The Hall–Kier alpha value is -2.60. The Morgan fingerprint density at radius 3 is 2.56 bits per heavy atom. The zero-order valence-electron chi connectivity index (χ0n) is 15.7. The second kappa shape index (κ2) is 9.92. The number of hydrogen-bond donors (Lipinski definition) is 1. The number of halogens is 1. The molecule has 0 aliphatic heterocycles. The van der Waals surface area contributed by atoms with Crippen LogP contribution in [0.4, 0.5) is 0 Å². The predicted octanol–water partition coefficient (Wildman–Crippen LogP) is 3.70. The van der Waals surface area contributed by atoms with Gasteiger partial charge in [-0.2, -0.15) is 5.10 Å². The Bertz CT molecular complexity index is 811. The van der Waals surface area contributed by atoms with Crippen LogP contribution >= 0.6 is 11.6 Å². The van der Waals surface area contributed by atoms with Gasteiger partial charge in [0.25, 0.3) is 5.91 Å². The second-order valence-electron chi connectivity index (χ2n) is 6.06. The number of aryl methyl sites for hydroxylation is 1. The van der Waals surface area contributed by atoms with E-state index < -0.39 is 5.97 Å². The van der Waals surface area contributed by atoms with Crippen LogP contribution in [-0.4, -0.2) is 34.3 Å². The molecule has 0 fully saturated rings. The van der Waals surface area contributed by atoms with Gasteiger partial charge in [-0.05, 0) is 38.0 Å². The lowest BCUT2D eigenvalue weighted by Gasteiger charge is -2.14. The van der Waals surface area contributed by atoms with Crippen molar-refractivity contribution in [1.29, 1.82) is 0 Å². The lowest BCUT2D eigenvalue weighted by atomic mass is 10.2. The standard InChI is InChI=1S/C20H24ClN3O3/c1-4-15(5-2)22-18(25)13-27-19(26)12-11-17-14(3)23-24(20(17)21)16-9-7-6-8-10-16/h6-12,15H,4-5,13H2,1-3H3,(H,22,25)/b12-11+. The molecule has 2 aromatic rings.